The number of nitrogens with two attached hydrogens (primary N) is 1. The molecule has 0 fully saturated rings. The second kappa shape index (κ2) is 9.69. The maximum atomic E-state index is 12.2. The van der Waals surface area contributed by atoms with Gasteiger partial charge in [0.2, 0.25) is 5.91 Å². The number of nitriles is 1. The van der Waals surface area contributed by atoms with E-state index in [1.807, 2.05) is 32.0 Å². The van der Waals surface area contributed by atoms with Gasteiger partial charge in [0.15, 0.2) is 0 Å². The molecule has 1 heterocycles. The number of rotatable bonds is 6. The van der Waals surface area contributed by atoms with E-state index in [4.69, 9.17) is 10.5 Å². The van der Waals surface area contributed by atoms with Crippen LogP contribution < -0.4 is 15.8 Å². The number of amides is 1. The number of carbonyl (C=O) groups is 1. The van der Waals surface area contributed by atoms with E-state index in [-0.39, 0.29) is 18.1 Å². The van der Waals surface area contributed by atoms with Crippen LogP contribution in [0.4, 0.5) is 0 Å². The van der Waals surface area contributed by atoms with Crippen molar-refractivity contribution < 1.29 is 9.53 Å². The van der Waals surface area contributed by atoms with E-state index in [1.54, 1.807) is 13.0 Å². The van der Waals surface area contributed by atoms with Gasteiger partial charge < -0.3 is 15.8 Å². The molecule has 4 rings (SSSR count). The van der Waals surface area contributed by atoms with Crippen LogP contribution in [0.1, 0.15) is 56.3 Å². The highest BCUT2D eigenvalue weighted by Crippen LogP contribution is 2.39. The minimum Gasteiger partial charge on any atom is -0.490 e. The van der Waals surface area contributed by atoms with E-state index >= 15 is 0 Å². The molecule has 3 N–H and O–H groups in total. The van der Waals surface area contributed by atoms with Crippen LogP contribution in [0.15, 0.2) is 36.4 Å². The maximum Gasteiger partial charge on any atom is 0.237 e. The summed E-state index contributed by atoms with van der Waals surface area (Å²) in [5.41, 5.74) is 10.4. The number of hydrogen-bond acceptors (Lipinski definition) is 7. The van der Waals surface area contributed by atoms with E-state index in [0.29, 0.717) is 11.3 Å². The topological polar surface area (TPSA) is 114 Å². The molecule has 0 bridgehead atoms. The molecule has 0 saturated carbocycles. The van der Waals surface area contributed by atoms with Crippen molar-refractivity contribution in [2.75, 3.05) is 0 Å². The van der Waals surface area contributed by atoms with E-state index in [9.17, 15) is 10.1 Å². The number of nitrogens with zero attached hydrogens (tertiary/aromatic N) is 3. The summed E-state index contributed by atoms with van der Waals surface area (Å²) >= 11 is 1.49. The van der Waals surface area contributed by atoms with E-state index in [1.165, 1.54) is 16.9 Å². The second-order valence-corrected chi connectivity index (χ2v) is 9.49. The SMILES string of the molecule is CC(C)Oc1ccc(-c2nnc(-c3cccc4c3CCC[C@H]4NC(=O)[C@@H](C)N)s2)cc1C#N. The highest BCUT2D eigenvalue weighted by Gasteiger charge is 2.26. The van der Waals surface area contributed by atoms with Crippen LogP contribution in [0.25, 0.3) is 21.1 Å². The normalized spacial score (nSPS) is 16.1. The number of ether oxygens (including phenoxy) is 1. The van der Waals surface area contributed by atoms with Crippen molar-refractivity contribution in [3.8, 4) is 33.0 Å². The van der Waals surface area contributed by atoms with Gasteiger partial charge in [-0.3, -0.25) is 4.79 Å². The van der Waals surface area contributed by atoms with Crippen molar-refractivity contribution >= 4 is 17.2 Å². The predicted molar refractivity (Wildman–Crippen MR) is 129 cm³/mol. The lowest BCUT2D eigenvalue weighted by molar-refractivity contribution is -0.122. The molecule has 7 nitrogen and oxygen atoms in total. The standard InChI is InChI=1S/C25H27N5O2S/c1-14(2)32-22-11-10-16(12-17(22)13-26)24-29-30-25(33-24)20-8-4-7-19-18(20)6-5-9-21(19)28-23(31)15(3)27/h4,7-8,10-12,14-15,21H,5-6,9,27H2,1-3H3,(H,28,31)/t15-,21-/m1/s1. The fraction of sp³-hybridized carbons (Fsp3) is 0.360. The van der Waals surface area contributed by atoms with Gasteiger partial charge in [-0.25, -0.2) is 0 Å². The number of fused-ring (bicyclic) bond motifs is 1. The monoisotopic (exact) mass is 461 g/mol. The third kappa shape index (κ3) is 4.90. The third-order valence-corrected chi connectivity index (χ3v) is 6.61. The van der Waals surface area contributed by atoms with Crippen LogP contribution in [0.3, 0.4) is 0 Å². The lowest BCUT2D eigenvalue weighted by atomic mass is 9.85. The Morgan fingerprint density at radius 2 is 2.03 bits per heavy atom. The van der Waals surface area contributed by atoms with Gasteiger partial charge in [-0.05, 0) is 69.4 Å². The van der Waals surface area contributed by atoms with Gasteiger partial charge in [-0.1, -0.05) is 29.5 Å². The molecular weight excluding hydrogens is 434 g/mol. The van der Waals surface area contributed by atoms with Gasteiger partial charge in [0.05, 0.1) is 23.8 Å². The molecule has 3 aromatic rings. The van der Waals surface area contributed by atoms with Crippen molar-refractivity contribution in [1.29, 1.82) is 5.26 Å². The second-order valence-electron chi connectivity index (χ2n) is 8.52. The minimum absolute atomic E-state index is 0.0120. The number of aromatic nitrogens is 2. The van der Waals surface area contributed by atoms with Crippen LogP contribution in [-0.4, -0.2) is 28.3 Å². The summed E-state index contributed by atoms with van der Waals surface area (Å²) in [4.78, 5) is 12.2. The molecule has 2 atom stereocenters. The quantitative estimate of drug-likeness (QED) is 0.563. The van der Waals surface area contributed by atoms with Gasteiger partial charge >= 0.3 is 0 Å². The highest BCUT2D eigenvalue weighted by atomic mass is 32.1. The molecule has 1 amide bonds. The van der Waals surface area contributed by atoms with E-state index in [2.05, 4.69) is 33.7 Å². The first-order chi connectivity index (χ1) is 15.9. The van der Waals surface area contributed by atoms with Gasteiger partial charge in [0.1, 0.15) is 21.8 Å². The Hall–Kier alpha value is -3.28. The van der Waals surface area contributed by atoms with Crippen LogP contribution in [0, 0.1) is 11.3 Å². The van der Waals surface area contributed by atoms with E-state index < -0.39 is 6.04 Å². The van der Waals surface area contributed by atoms with Crippen LogP contribution in [0.5, 0.6) is 5.75 Å². The summed E-state index contributed by atoms with van der Waals surface area (Å²) in [6.45, 7) is 5.55. The van der Waals surface area contributed by atoms with Gasteiger partial charge in [0, 0.05) is 11.1 Å². The van der Waals surface area contributed by atoms with Gasteiger partial charge in [0.25, 0.3) is 0 Å². The summed E-state index contributed by atoms with van der Waals surface area (Å²) in [6, 6.07) is 13.2. The first-order valence-electron chi connectivity index (χ1n) is 11.1. The lowest BCUT2D eigenvalue weighted by Gasteiger charge is -2.28. The first kappa shape index (κ1) is 22.9. The average molecular weight is 462 g/mol. The smallest absolute Gasteiger partial charge is 0.237 e. The Kier molecular flexibility index (Phi) is 6.72. The van der Waals surface area contributed by atoms with Crippen molar-refractivity contribution in [3.63, 3.8) is 0 Å². The molecule has 0 unspecified atom stereocenters. The summed E-state index contributed by atoms with van der Waals surface area (Å²) in [5, 5.41) is 23.0. The Balaban J connectivity index is 1.65. The van der Waals surface area contributed by atoms with Crippen molar-refractivity contribution in [2.24, 2.45) is 5.73 Å². The largest absolute Gasteiger partial charge is 0.490 e. The maximum absolute atomic E-state index is 12.2. The summed E-state index contributed by atoms with van der Waals surface area (Å²) in [7, 11) is 0. The molecule has 0 saturated heterocycles. The molecule has 8 heteroatoms. The van der Waals surface area contributed by atoms with Crippen LogP contribution >= 0.6 is 11.3 Å². The summed E-state index contributed by atoms with van der Waals surface area (Å²) in [6.07, 6.45) is 2.77. The average Bonchev–Trinajstić information content (AvgIpc) is 3.29. The Morgan fingerprint density at radius 3 is 2.76 bits per heavy atom. The molecule has 1 aromatic heterocycles. The van der Waals surface area contributed by atoms with Crippen molar-refractivity contribution in [1.82, 2.24) is 15.5 Å². The molecule has 1 aliphatic rings. The van der Waals surface area contributed by atoms with E-state index in [0.717, 1.165) is 46.0 Å². The number of hydrogen-bond donors (Lipinski definition) is 2. The highest BCUT2D eigenvalue weighted by molar-refractivity contribution is 7.17. The molecule has 1 aliphatic carbocycles. The summed E-state index contributed by atoms with van der Waals surface area (Å²) < 4.78 is 5.72. The third-order valence-electron chi connectivity index (χ3n) is 5.60. The Morgan fingerprint density at radius 1 is 1.24 bits per heavy atom. The predicted octanol–water partition coefficient (Wildman–Crippen LogP) is 4.37. The molecule has 0 aliphatic heterocycles. The fourth-order valence-corrected chi connectivity index (χ4v) is 4.95. The van der Waals surface area contributed by atoms with Crippen LogP contribution in [0.2, 0.25) is 0 Å². The molecular formula is C25H27N5O2S. The number of carbonyl (C=O) groups excluding carboxylic acids is 1. The number of benzene rings is 2. The number of nitrogens with one attached hydrogen (secondary N) is 1. The molecule has 2 aromatic carbocycles. The minimum atomic E-state index is -0.542. The van der Waals surface area contributed by atoms with Crippen LogP contribution in [-0.2, 0) is 11.2 Å². The van der Waals surface area contributed by atoms with Gasteiger partial charge in [-0.2, -0.15) is 5.26 Å². The zero-order chi connectivity index (χ0) is 23.5. The molecule has 0 radical (unpaired) electrons. The van der Waals surface area contributed by atoms with Crippen molar-refractivity contribution in [2.45, 2.75) is 58.2 Å². The lowest BCUT2D eigenvalue weighted by Crippen LogP contribution is -2.41. The van der Waals surface area contributed by atoms with Gasteiger partial charge in [-0.15, -0.1) is 10.2 Å². The Labute approximate surface area is 197 Å². The molecule has 170 valence electrons. The zero-order valence-corrected chi connectivity index (χ0v) is 19.8. The fourth-order valence-electron chi connectivity index (χ4n) is 4.06. The zero-order valence-electron chi connectivity index (χ0n) is 19.0. The Bertz CT molecular complexity index is 1210. The molecule has 0 spiro atoms. The molecule has 33 heavy (non-hydrogen) atoms. The first-order valence-corrected chi connectivity index (χ1v) is 11.9. The summed E-state index contributed by atoms with van der Waals surface area (Å²) in [5.74, 6) is 0.424. The van der Waals surface area contributed by atoms with Crippen molar-refractivity contribution in [3.05, 3.63) is 53.1 Å².